The number of amides is 1. The van der Waals surface area contributed by atoms with E-state index in [-0.39, 0.29) is 5.91 Å². The van der Waals surface area contributed by atoms with E-state index in [9.17, 15) is 4.79 Å². The molecule has 0 fully saturated rings. The molecule has 27 heavy (non-hydrogen) atoms. The summed E-state index contributed by atoms with van der Waals surface area (Å²) in [6.45, 7) is 3.26. The van der Waals surface area contributed by atoms with Gasteiger partial charge in [0.25, 0.3) is 5.91 Å². The lowest BCUT2D eigenvalue weighted by molar-refractivity contribution is 0.0945. The Morgan fingerprint density at radius 3 is 2.63 bits per heavy atom. The average Bonchev–Trinajstić information content (AvgIpc) is 3.25. The normalized spacial score (nSPS) is 11.0. The Balaban J connectivity index is 1.54. The number of carbonyl (C=O) groups is 1. The van der Waals surface area contributed by atoms with Gasteiger partial charge in [0.05, 0.1) is 12.8 Å². The van der Waals surface area contributed by atoms with E-state index in [4.69, 9.17) is 4.42 Å². The number of hydrogen-bond donors (Lipinski definition) is 1. The zero-order valence-electron chi connectivity index (χ0n) is 15.3. The van der Waals surface area contributed by atoms with E-state index < -0.39 is 0 Å². The van der Waals surface area contributed by atoms with Crippen LogP contribution >= 0.6 is 0 Å². The highest BCUT2D eigenvalue weighted by Gasteiger charge is 2.17. The van der Waals surface area contributed by atoms with Crippen molar-refractivity contribution in [2.75, 3.05) is 6.54 Å². The van der Waals surface area contributed by atoms with Gasteiger partial charge in [0, 0.05) is 11.9 Å². The van der Waals surface area contributed by atoms with Gasteiger partial charge >= 0.3 is 0 Å². The molecule has 0 aliphatic rings. The van der Waals surface area contributed by atoms with E-state index in [1.54, 1.807) is 6.26 Å². The molecule has 0 saturated carbocycles. The third-order valence-corrected chi connectivity index (χ3v) is 4.70. The minimum atomic E-state index is -0.0787. The van der Waals surface area contributed by atoms with Crippen LogP contribution in [0.2, 0.25) is 0 Å². The second-order valence-electron chi connectivity index (χ2n) is 6.78. The number of aromatic nitrogens is 1. The molecule has 4 rings (SSSR count). The van der Waals surface area contributed by atoms with Gasteiger partial charge in [0.1, 0.15) is 5.69 Å². The topological polar surface area (TPSA) is 47.2 Å². The van der Waals surface area contributed by atoms with Crippen LogP contribution in [0.25, 0.3) is 11.1 Å². The highest BCUT2D eigenvalue weighted by atomic mass is 16.3. The van der Waals surface area contributed by atoms with Crippen LogP contribution < -0.4 is 5.32 Å². The molecule has 2 aromatic heterocycles. The molecule has 0 aliphatic heterocycles. The Morgan fingerprint density at radius 1 is 1.00 bits per heavy atom. The number of fused-ring (bicyclic) bond motifs is 1. The van der Waals surface area contributed by atoms with E-state index in [1.165, 1.54) is 11.1 Å². The van der Waals surface area contributed by atoms with E-state index >= 15 is 0 Å². The Hall–Kier alpha value is -3.27. The standard InChI is InChI=1S/C23H22N2O2/c1-17-6-5-9-19(14-17)16-25-21(15-20-11-13-27-23(20)25)22(26)24-12-10-18-7-3-2-4-8-18/h2-9,11,13-15H,10,12,16H2,1H3,(H,24,26). The van der Waals surface area contributed by atoms with E-state index in [0.717, 1.165) is 23.1 Å². The summed E-state index contributed by atoms with van der Waals surface area (Å²) < 4.78 is 7.59. The molecule has 136 valence electrons. The third-order valence-electron chi connectivity index (χ3n) is 4.70. The maximum absolute atomic E-state index is 12.8. The van der Waals surface area contributed by atoms with Gasteiger partial charge in [-0.15, -0.1) is 0 Å². The zero-order chi connectivity index (χ0) is 18.6. The first-order valence-electron chi connectivity index (χ1n) is 9.15. The van der Waals surface area contributed by atoms with Crippen molar-refractivity contribution in [1.82, 2.24) is 9.88 Å². The minimum absolute atomic E-state index is 0.0787. The maximum atomic E-state index is 12.8. The van der Waals surface area contributed by atoms with Gasteiger partial charge in [0.15, 0.2) is 0 Å². The molecule has 1 N–H and O–H groups in total. The van der Waals surface area contributed by atoms with Gasteiger partial charge in [-0.05, 0) is 36.6 Å². The number of nitrogens with zero attached hydrogens (tertiary/aromatic N) is 1. The fourth-order valence-electron chi connectivity index (χ4n) is 3.37. The summed E-state index contributed by atoms with van der Waals surface area (Å²) in [6, 6.07) is 22.2. The second kappa shape index (κ2) is 7.54. The molecule has 2 heterocycles. The number of carbonyl (C=O) groups excluding carboxylic acids is 1. The van der Waals surface area contributed by atoms with Crippen LogP contribution in [0.5, 0.6) is 0 Å². The van der Waals surface area contributed by atoms with Crippen LogP contribution in [0.4, 0.5) is 0 Å². The van der Waals surface area contributed by atoms with Crippen LogP contribution in [0, 0.1) is 6.92 Å². The quantitative estimate of drug-likeness (QED) is 0.549. The Morgan fingerprint density at radius 2 is 1.81 bits per heavy atom. The summed E-state index contributed by atoms with van der Waals surface area (Å²) in [5.41, 5.74) is 4.90. The molecule has 0 atom stereocenters. The van der Waals surface area contributed by atoms with Crippen molar-refractivity contribution in [3.05, 3.63) is 95.4 Å². The van der Waals surface area contributed by atoms with Crippen molar-refractivity contribution < 1.29 is 9.21 Å². The lowest BCUT2D eigenvalue weighted by Gasteiger charge is -2.11. The molecule has 4 heteroatoms. The molecule has 0 bridgehead atoms. The first kappa shape index (κ1) is 17.2. The van der Waals surface area contributed by atoms with Crippen LogP contribution in [0.15, 0.2) is 77.4 Å². The van der Waals surface area contributed by atoms with Crippen molar-refractivity contribution in [2.45, 2.75) is 19.9 Å². The summed E-state index contributed by atoms with van der Waals surface area (Å²) >= 11 is 0. The van der Waals surface area contributed by atoms with E-state index in [2.05, 4.69) is 42.6 Å². The zero-order valence-corrected chi connectivity index (χ0v) is 15.3. The molecule has 4 aromatic rings. The van der Waals surface area contributed by atoms with Crippen molar-refractivity contribution in [3.8, 4) is 0 Å². The van der Waals surface area contributed by atoms with Crippen molar-refractivity contribution in [3.63, 3.8) is 0 Å². The lowest BCUT2D eigenvalue weighted by atomic mass is 10.1. The van der Waals surface area contributed by atoms with Gasteiger partial charge in [-0.2, -0.15) is 0 Å². The summed E-state index contributed by atoms with van der Waals surface area (Å²) in [6.07, 6.45) is 2.47. The average molecular weight is 358 g/mol. The number of nitrogens with one attached hydrogen (secondary N) is 1. The van der Waals surface area contributed by atoms with Crippen molar-refractivity contribution in [1.29, 1.82) is 0 Å². The smallest absolute Gasteiger partial charge is 0.268 e. The fourth-order valence-corrected chi connectivity index (χ4v) is 3.37. The third kappa shape index (κ3) is 3.80. The van der Waals surface area contributed by atoms with Crippen LogP contribution in [0.1, 0.15) is 27.2 Å². The van der Waals surface area contributed by atoms with Gasteiger partial charge in [-0.3, -0.25) is 4.79 Å². The maximum Gasteiger partial charge on any atom is 0.268 e. The molecular weight excluding hydrogens is 336 g/mol. The number of rotatable bonds is 6. The highest BCUT2D eigenvalue weighted by Crippen LogP contribution is 2.23. The number of hydrogen-bond acceptors (Lipinski definition) is 2. The largest absolute Gasteiger partial charge is 0.448 e. The summed E-state index contributed by atoms with van der Waals surface area (Å²) in [7, 11) is 0. The predicted molar refractivity (Wildman–Crippen MR) is 107 cm³/mol. The second-order valence-corrected chi connectivity index (χ2v) is 6.78. The molecule has 0 radical (unpaired) electrons. The lowest BCUT2D eigenvalue weighted by Crippen LogP contribution is -2.28. The van der Waals surface area contributed by atoms with Crippen LogP contribution in [-0.2, 0) is 13.0 Å². The first-order valence-corrected chi connectivity index (χ1v) is 9.15. The summed E-state index contributed by atoms with van der Waals surface area (Å²) in [5, 5.41) is 3.97. The predicted octanol–water partition coefficient (Wildman–Crippen LogP) is 4.56. The number of furan rings is 1. The van der Waals surface area contributed by atoms with Gasteiger partial charge < -0.3 is 14.3 Å². The summed E-state index contributed by atoms with van der Waals surface area (Å²) in [5.74, 6) is -0.0787. The monoisotopic (exact) mass is 358 g/mol. The SMILES string of the molecule is Cc1cccc(Cn2c(C(=O)NCCc3ccccc3)cc3ccoc32)c1. The van der Waals surface area contributed by atoms with E-state index in [1.807, 2.05) is 41.0 Å². The van der Waals surface area contributed by atoms with Gasteiger partial charge in [0.2, 0.25) is 5.71 Å². The molecule has 2 aromatic carbocycles. The Bertz CT molecular complexity index is 1060. The van der Waals surface area contributed by atoms with Gasteiger partial charge in [-0.25, -0.2) is 0 Å². The molecule has 0 aliphatic carbocycles. The molecule has 1 amide bonds. The molecule has 0 saturated heterocycles. The highest BCUT2D eigenvalue weighted by molar-refractivity contribution is 5.97. The minimum Gasteiger partial charge on any atom is -0.448 e. The summed E-state index contributed by atoms with van der Waals surface area (Å²) in [4.78, 5) is 12.8. The Kier molecular flexibility index (Phi) is 4.79. The fraction of sp³-hybridized carbons (Fsp3) is 0.174. The molecule has 0 unspecified atom stereocenters. The van der Waals surface area contributed by atoms with Crippen LogP contribution in [-0.4, -0.2) is 17.0 Å². The van der Waals surface area contributed by atoms with Crippen molar-refractivity contribution >= 4 is 17.0 Å². The van der Waals surface area contributed by atoms with Crippen LogP contribution in [0.3, 0.4) is 0 Å². The van der Waals surface area contributed by atoms with E-state index in [0.29, 0.717) is 18.8 Å². The molecule has 0 spiro atoms. The Labute approximate surface area is 158 Å². The number of benzene rings is 2. The number of aryl methyl sites for hydroxylation is 1. The molecule has 4 nitrogen and oxygen atoms in total. The van der Waals surface area contributed by atoms with Crippen molar-refractivity contribution in [2.24, 2.45) is 0 Å². The van der Waals surface area contributed by atoms with Gasteiger partial charge in [-0.1, -0.05) is 60.2 Å². The first-order chi connectivity index (χ1) is 13.2. The molecular formula is C23H22N2O2.